The van der Waals surface area contributed by atoms with Crippen molar-refractivity contribution < 1.29 is 14.4 Å². The average Bonchev–Trinajstić information content (AvgIpc) is 3.52. The van der Waals surface area contributed by atoms with Gasteiger partial charge in [0.15, 0.2) is 0 Å². The van der Waals surface area contributed by atoms with Crippen LogP contribution in [0.25, 0.3) is 22.0 Å². The summed E-state index contributed by atoms with van der Waals surface area (Å²) in [5.74, 6) is -1.19. The lowest BCUT2D eigenvalue weighted by molar-refractivity contribution is -0.142. The van der Waals surface area contributed by atoms with Gasteiger partial charge in [0.2, 0.25) is 17.7 Å². The number of hydrogen-bond acceptors (Lipinski definition) is 7. The minimum absolute atomic E-state index is 0.144. The highest BCUT2D eigenvalue weighted by molar-refractivity contribution is 7.80. The highest BCUT2D eigenvalue weighted by atomic mass is 35.5. The molecule has 0 saturated carbocycles. The monoisotopic (exact) mass is 691 g/mol. The Morgan fingerprint density at radius 2 is 1.60 bits per heavy atom. The first-order valence-corrected chi connectivity index (χ1v) is 17.1. The first-order chi connectivity index (χ1) is 23.2. The van der Waals surface area contributed by atoms with Gasteiger partial charge in [-0.3, -0.25) is 14.4 Å². The van der Waals surface area contributed by atoms with Gasteiger partial charge in [-0.05, 0) is 68.0 Å². The Balaban J connectivity index is 1.58. The molecule has 0 aliphatic carbocycles. The first-order valence-electron chi connectivity index (χ1n) is 16.3. The normalized spacial score (nSPS) is 13.1. The largest absolute Gasteiger partial charge is 0.361 e. The number of nitrogens with one attached hydrogen (secondary N) is 3. The number of fused-ring (bicyclic) bond motifs is 1. The first kappa shape index (κ1) is 37.0. The highest BCUT2D eigenvalue weighted by Crippen LogP contribution is 2.35. The van der Waals surface area contributed by atoms with E-state index in [4.69, 9.17) is 28.8 Å². The number of thiol groups is 1. The Hall–Kier alpha value is -3.87. The third-order valence-corrected chi connectivity index (χ3v) is 9.60. The molecule has 12 heteroatoms. The van der Waals surface area contributed by atoms with Crippen LogP contribution < -0.4 is 27.8 Å². The molecule has 1 heterocycles. The number of carbonyl (C=O) groups excluding carboxylic acids is 3. The zero-order chi connectivity index (χ0) is 34.6. The molecule has 0 fully saturated rings. The van der Waals surface area contributed by atoms with Gasteiger partial charge in [0.1, 0.15) is 12.1 Å². The lowest BCUT2D eigenvalue weighted by Gasteiger charge is -2.31. The van der Waals surface area contributed by atoms with Crippen molar-refractivity contribution in [2.75, 3.05) is 20.1 Å². The lowest BCUT2D eigenvalue weighted by atomic mass is 10.0. The van der Waals surface area contributed by atoms with E-state index in [2.05, 4.69) is 28.2 Å². The molecular weight excluding hydrogens is 646 g/mol. The van der Waals surface area contributed by atoms with E-state index in [1.165, 1.54) is 4.90 Å². The van der Waals surface area contributed by atoms with E-state index in [1.807, 2.05) is 72.9 Å². The minimum Gasteiger partial charge on any atom is -0.361 e. The molecule has 3 aromatic carbocycles. The van der Waals surface area contributed by atoms with Gasteiger partial charge in [-0.15, -0.1) is 12.6 Å². The van der Waals surface area contributed by atoms with Gasteiger partial charge in [-0.2, -0.15) is 0 Å². The number of carbonyl (C=O) groups is 3. The molecule has 0 spiro atoms. The van der Waals surface area contributed by atoms with Gasteiger partial charge < -0.3 is 37.7 Å². The number of nitrogens with zero attached hydrogens (tertiary/aromatic N) is 1. The second-order valence-electron chi connectivity index (χ2n) is 11.9. The molecule has 0 unspecified atom stereocenters. The van der Waals surface area contributed by atoms with E-state index >= 15 is 0 Å². The zero-order valence-electron chi connectivity index (χ0n) is 27.3. The molecule has 48 heavy (non-hydrogen) atoms. The fraction of sp³-hybridized carbons (Fsp3) is 0.361. The van der Waals surface area contributed by atoms with Crippen molar-refractivity contribution in [3.8, 4) is 11.1 Å². The molecule has 0 bridgehead atoms. The summed E-state index contributed by atoms with van der Waals surface area (Å²) in [5, 5.41) is 7.29. The Morgan fingerprint density at radius 1 is 0.896 bits per heavy atom. The number of aromatic amines is 1. The number of aromatic nitrogens is 1. The van der Waals surface area contributed by atoms with Crippen molar-refractivity contribution in [3.05, 3.63) is 89.1 Å². The molecule has 3 atom stereocenters. The molecule has 0 radical (unpaired) electrons. The van der Waals surface area contributed by atoms with Gasteiger partial charge >= 0.3 is 0 Å². The van der Waals surface area contributed by atoms with Crippen molar-refractivity contribution in [2.45, 2.75) is 68.1 Å². The molecule has 1 aromatic heterocycles. The van der Waals surface area contributed by atoms with Crippen LogP contribution in [0, 0.1) is 0 Å². The summed E-state index contributed by atoms with van der Waals surface area (Å²) in [6, 6.07) is 18.7. The van der Waals surface area contributed by atoms with Crippen molar-refractivity contribution in [2.24, 2.45) is 17.2 Å². The minimum atomic E-state index is -0.904. The molecule has 10 nitrogen and oxygen atoms in total. The Morgan fingerprint density at radius 3 is 2.33 bits per heavy atom. The molecule has 9 N–H and O–H groups in total. The maximum absolute atomic E-state index is 14.1. The third-order valence-electron chi connectivity index (χ3n) is 8.56. The summed E-state index contributed by atoms with van der Waals surface area (Å²) < 4.78 is 0. The number of rotatable bonds is 17. The van der Waals surface area contributed by atoms with Crippen LogP contribution in [-0.4, -0.2) is 65.9 Å². The van der Waals surface area contributed by atoms with Gasteiger partial charge in [-0.1, -0.05) is 72.3 Å². The number of para-hydroxylation sites is 1. The van der Waals surface area contributed by atoms with Gasteiger partial charge in [-0.25, -0.2) is 0 Å². The topological polar surface area (TPSA) is 172 Å². The summed E-state index contributed by atoms with van der Waals surface area (Å²) >= 11 is 11.4. The van der Waals surface area contributed by atoms with Gasteiger partial charge in [0.25, 0.3) is 0 Å². The molecule has 4 rings (SSSR count). The maximum Gasteiger partial charge on any atom is 0.245 e. The zero-order valence-corrected chi connectivity index (χ0v) is 28.9. The lowest BCUT2D eigenvalue weighted by Crippen LogP contribution is -2.56. The number of benzene rings is 3. The second kappa shape index (κ2) is 18.0. The van der Waals surface area contributed by atoms with Crippen molar-refractivity contribution >= 4 is 52.9 Å². The summed E-state index contributed by atoms with van der Waals surface area (Å²) in [4.78, 5) is 46.3. The third kappa shape index (κ3) is 9.39. The molecule has 0 saturated heterocycles. The van der Waals surface area contributed by atoms with E-state index in [9.17, 15) is 14.4 Å². The van der Waals surface area contributed by atoms with Crippen LogP contribution >= 0.6 is 24.2 Å². The molecule has 0 aliphatic heterocycles. The fourth-order valence-corrected chi connectivity index (χ4v) is 6.27. The summed E-state index contributed by atoms with van der Waals surface area (Å²) in [6.07, 6.45) is 4.72. The smallest absolute Gasteiger partial charge is 0.245 e. The van der Waals surface area contributed by atoms with Gasteiger partial charge in [0, 0.05) is 47.6 Å². The predicted molar refractivity (Wildman–Crippen MR) is 196 cm³/mol. The van der Waals surface area contributed by atoms with Crippen LogP contribution in [-0.2, 0) is 27.3 Å². The van der Waals surface area contributed by atoms with Crippen molar-refractivity contribution in [3.63, 3.8) is 0 Å². The molecule has 0 aliphatic rings. The Labute approximate surface area is 292 Å². The van der Waals surface area contributed by atoms with Crippen LogP contribution in [0.5, 0.6) is 0 Å². The summed E-state index contributed by atoms with van der Waals surface area (Å²) in [7, 11) is 1.59. The fourth-order valence-electron chi connectivity index (χ4n) is 5.70. The van der Waals surface area contributed by atoms with Crippen LogP contribution in [0.1, 0.15) is 43.2 Å². The number of halogens is 1. The van der Waals surface area contributed by atoms with E-state index < -0.39 is 29.9 Å². The molecular formula is C36H46ClN7O3S. The van der Waals surface area contributed by atoms with Crippen molar-refractivity contribution in [1.82, 2.24) is 20.5 Å². The molecule has 256 valence electrons. The van der Waals surface area contributed by atoms with E-state index in [-0.39, 0.29) is 18.9 Å². The number of hydrogen-bond donors (Lipinski definition) is 7. The van der Waals surface area contributed by atoms with Gasteiger partial charge in [0.05, 0.1) is 11.1 Å². The van der Waals surface area contributed by atoms with E-state index in [0.717, 1.165) is 33.2 Å². The quantitative estimate of drug-likeness (QED) is 0.0648. The van der Waals surface area contributed by atoms with E-state index in [1.54, 1.807) is 7.05 Å². The molecule has 4 aromatic rings. The maximum atomic E-state index is 14.1. The average molecular weight is 692 g/mol. The van der Waals surface area contributed by atoms with Crippen LogP contribution in [0.4, 0.5) is 0 Å². The number of unbranched alkanes of at least 4 members (excludes halogenated alkanes) is 1. The molecule has 3 amide bonds. The number of likely N-dealkylation sites (N-methyl/N-ethyl adjacent to an activating group) is 1. The second-order valence-corrected chi connectivity index (χ2v) is 12.8. The Kier molecular flexibility index (Phi) is 13.9. The number of amides is 3. The van der Waals surface area contributed by atoms with Crippen LogP contribution in [0.2, 0.25) is 5.02 Å². The van der Waals surface area contributed by atoms with Crippen molar-refractivity contribution in [1.29, 1.82) is 0 Å². The number of nitrogens with two attached hydrogens (primary N) is 3. The Bertz CT molecular complexity index is 1680. The van der Waals surface area contributed by atoms with Crippen LogP contribution in [0.3, 0.4) is 0 Å². The van der Waals surface area contributed by atoms with E-state index in [0.29, 0.717) is 55.1 Å². The highest BCUT2D eigenvalue weighted by Gasteiger charge is 2.33. The number of H-pyrrole nitrogens is 1. The van der Waals surface area contributed by atoms with Crippen LogP contribution in [0.15, 0.2) is 77.8 Å². The predicted octanol–water partition coefficient (Wildman–Crippen LogP) is 4.14. The SMILES string of the molecule is CN(C(=O)[C@H](CCCCN)NC(=O)[C@@H](N)CCCN)[C@@H](Cc1c[nH]c2ccccc12)C(=O)NCc1ccc(-c2ccccc2)c(Cl)c1S. The summed E-state index contributed by atoms with van der Waals surface area (Å²) in [5.41, 5.74) is 21.7. The standard InChI is InChI=1S/C36H46ClN7O3S/c1-44(36(47)30(15-7-8-18-38)43-34(45)28(40)13-9-19-39)31(20-25-22-41-29-14-6-5-12-26(25)29)35(46)42-21-24-16-17-27(32(37)33(24)48)23-10-3-2-4-11-23/h2-6,10-12,14,16-17,22,28,30-31,41,48H,7-9,13,15,18-21,38-40H2,1H3,(H,42,46)(H,43,45)/t28-,30-,31-/m0/s1. The summed E-state index contributed by atoms with van der Waals surface area (Å²) in [6.45, 7) is 1.01.